The Kier molecular flexibility index (Phi) is 4.27. The SMILES string of the molecule is CCCCN1N[C@](C)(c2cccc(OC)c2)NC1=S. The van der Waals surface area contributed by atoms with E-state index in [1.807, 2.05) is 23.2 Å². The quantitative estimate of drug-likeness (QED) is 0.809. The lowest BCUT2D eigenvalue weighted by Crippen LogP contribution is -2.45. The molecule has 1 aromatic carbocycles. The van der Waals surface area contributed by atoms with E-state index in [9.17, 15) is 0 Å². The van der Waals surface area contributed by atoms with Crippen LogP contribution >= 0.6 is 12.2 Å². The molecule has 0 radical (unpaired) electrons. The van der Waals surface area contributed by atoms with Crippen molar-refractivity contribution in [2.24, 2.45) is 0 Å². The van der Waals surface area contributed by atoms with Crippen LogP contribution in [0.25, 0.3) is 0 Å². The third-order valence-electron chi connectivity index (χ3n) is 3.34. The fourth-order valence-corrected chi connectivity index (χ4v) is 2.52. The Morgan fingerprint density at radius 3 is 2.89 bits per heavy atom. The maximum Gasteiger partial charge on any atom is 0.185 e. The summed E-state index contributed by atoms with van der Waals surface area (Å²) >= 11 is 5.39. The molecule has 4 nitrogen and oxygen atoms in total. The van der Waals surface area contributed by atoms with Gasteiger partial charge in [0, 0.05) is 6.54 Å². The molecule has 1 aliphatic heterocycles. The third-order valence-corrected chi connectivity index (χ3v) is 3.67. The van der Waals surface area contributed by atoms with Gasteiger partial charge in [-0.05, 0) is 43.3 Å². The van der Waals surface area contributed by atoms with Crippen molar-refractivity contribution in [2.45, 2.75) is 32.4 Å². The molecule has 0 spiro atoms. The molecule has 0 aliphatic carbocycles. The molecule has 0 bridgehead atoms. The van der Waals surface area contributed by atoms with Crippen LogP contribution in [0.3, 0.4) is 0 Å². The summed E-state index contributed by atoms with van der Waals surface area (Å²) in [6.45, 7) is 5.18. The van der Waals surface area contributed by atoms with Gasteiger partial charge in [0.2, 0.25) is 0 Å². The molecule has 0 saturated carbocycles. The Balaban J connectivity index is 2.17. The van der Waals surface area contributed by atoms with Crippen molar-refractivity contribution in [1.82, 2.24) is 15.8 Å². The van der Waals surface area contributed by atoms with Crippen LogP contribution in [0.2, 0.25) is 0 Å². The number of methoxy groups -OCH3 is 1. The molecular formula is C14H21N3OS. The molecule has 1 aromatic rings. The summed E-state index contributed by atoms with van der Waals surface area (Å²) in [4.78, 5) is 0. The number of unbranched alkanes of at least 4 members (excludes halogenated alkanes) is 1. The van der Waals surface area contributed by atoms with Crippen LogP contribution in [0.5, 0.6) is 5.75 Å². The van der Waals surface area contributed by atoms with Gasteiger partial charge in [0.25, 0.3) is 0 Å². The summed E-state index contributed by atoms with van der Waals surface area (Å²) in [6.07, 6.45) is 2.26. The van der Waals surface area contributed by atoms with E-state index in [-0.39, 0.29) is 5.66 Å². The van der Waals surface area contributed by atoms with Crippen LogP contribution in [0, 0.1) is 0 Å². The molecule has 1 heterocycles. The molecule has 19 heavy (non-hydrogen) atoms. The first kappa shape index (κ1) is 14.1. The largest absolute Gasteiger partial charge is 0.497 e. The molecule has 1 saturated heterocycles. The van der Waals surface area contributed by atoms with Crippen molar-refractivity contribution < 1.29 is 4.74 Å². The Bertz CT molecular complexity index is 466. The molecule has 0 unspecified atom stereocenters. The van der Waals surface area contributed by atoms with Crippen LogP contribution < -0.4 is 15.5 Å². The number of rotatable bonds is 5. The maximum atomic E-state index is 5.39. The first-order valence-electron chi connectivity index (χ1n) is 6.61. The van der Waals surface area contributed by atoms with Crippen molar-refractivity contribution in [2.75, 3.05) is 13.7 Å². The predicted octanol–water partition coefficient (Wildman–Crippen LogP) is 2.36. The molecule has 104 valence electrons. The Morgan fingerprint density at radius 1 is 1.42 bits per heavy atom. The minimum Gasteiger partial charge on any atom is -0.497 e. The highest BCUT2D eigenvalue weighted by molar-refractivity contribution is 7.80. The van der Waals surface area contributed by atoms with Gasteiger partial charge < -0.3 is 10.1 Å². The minimum atomic E-state index is -0.376. The van der Waals surface area contributed by atoms with Crippen LogP contribution in [-0.2, 0) is 5.66 Å². The maximum absolute atomic E-state index is 5.39. The third kappa shape index (κ3) is 2.98. The molecule has 1 fully saturated rings. The van der Waals surface area contributed by atoms with Crippen LogP contribution in [0.1, 0.15) is 32.3 Å². The standard InChI is InChI=1S/C14H21N3OS/c1-4-5-9-17-13(19)15-14(2,16-17)11-7-6-8-12(10-11)18-3/h6-8,10,16H,4-5,9H2,1-3H3,(H,15,19)/t14-/m1/s1. The number of benzene rings is 1. The van der Waals surface area contributed by atoms with E-state index in [0.29, 0.717) is 0 Å². The smallest absolute Gasteiger partial charge is 0.185 e. The van der Waals surface area contributed by atoms with Gasteiger partial charge in [0.1, 0.15) is 11.4 Å². The molecule has 5 heteroatoms. The van der Waals surface area contributed by atoms with E-state index in [2.05, 4.69) is 30.7 Å². The molecule has 2 rings (SSSR count). The average Bonchev–Trinajstić information content (AvgIpc) is 2.72. The fraction of sp³-hybridized carbons (Fsp3) is 0.500. The number of nitrogens with one attached hydrogen (secondary N) is 2. The minimum absolute atomic E-state index is 0.376. The van der Waals surface area contributed by atoms with Gasteiger partial charge in [-0.15, -0.1) is 0 Å². The number of hydrogen-bond donors (Lipinski definition) is 2. The first-order chi connectivity index (χ1) is 9.09. The summed E-state index contributed by atoms with van der Waals surface area (Å²) in [5.41, 5.74) is 4.17. The molecule has 2 N–H and O–H groups in total. The lowest BCUT2D eigenvalue weighted by molar-refractivity contribution is 0.232. The van der Waals surface area contributed by atoms with E-state index in [1.54, 1.807) is 7.11 Å². The van der Waals surface area contributed by atoms with Crippen molar-refractivity contribution >= 4 is 17.3 Å². The van der Waals surface area contributed by atoms with Gasteiger partial charge >= 0.3 is 0 Å². The van der Waals surface area contributed by atoms with E-state index in [1.165, 1.54) is 0 Å². The van der Waals surface area contributed by atoms with Crippen molar-refractivity contribution in [3.05, 3.63) is 29.8 Å². The van der Waals surface area contributed by atoms with Crippen LogP contribution in [0.15, 0.2) is 24.3 Å². The van der Waals surface area contributed by atoms with Crippen molar-refractivity contribution in [3.8, 4) is 5.75 Å². The summed E-state index contributed by atoms with van der Waals surface area (Å²) < 4.78 is 5.28. The summed E-state index contributed by atoms with van der Waals surface area (Å²) in [5, 5.41) is 6.11. The second-order valence-corrected chi connectivity index (χ2v) is 5.29. The van der Waals surface area contributed by atoms with E-state index >= 15 is 0 Å². The number of hydrazine groups is 1. The Labute approximate surface area is 120 Å². The zero-order chi connectivity index (χ0) is 13.9. The monoisotopic (exact) mass is 279 g/mol. The Hall–Kier alpha value is -1.33. The molecule has 1 atom stereocenters. The summed E-state index contributed by atoms with van der Waals surface area (Å²) in [5.74, 6) is 0.847. The second-order valence-electron chi connectivity index (χ2n) is 4.90. The van der Waals surface area contributed by atoms with E-state index in [0.717, 1.165) is 35.8 Å². The van der Waals surface area contributed by atoms with Crippen LogP contribution in [0.4, 0.5) is 0 Å². The van der Waals surface area contributed by atoms with Crippen molar-refractivity contribution in [1.29, 1.82) is 0 Å². The number of nitrogens with zero attached hydrogens (tertiary/aromatic N) is 1. The molecular weight excluding hydrogens is 258 g/mol. The highest BCUT2D eigenvalue weighted by Crippen LogP contribution is 2.26. The predicted molar refractivity (Wildman–Crippen MR) is 80.8 cm³/mol. The van der Waals surface area contributed by atoms with Gasteiger partial charge in [-0.25, -0.2) is 5.43 Å². The summed E-state index contributed by atoms with van der Waals surface area (Å²) in [7, 11) is 1.68. The van der Waals surface area contributed by atoms with Gasteiger partial charge in [-0.3, -0.25) is 5.01 Å². The van der Waals surface area contributed by atoms with Gasteiger partial charge in [-0.2, -0.15) is 0 Å². The van der Waals surface area contributed by atoms with E-state index in [4.69, 9.17) is 17.0 Å². The fourth-order valence-electron chi connectivity index (χ4n) is 2.17. The molecule has 0 amide bonds. The lowest BCUT2D eigenvalue weighted by Gasteiger charge is -2.26. The highest BCUT2D eigenvalue weighted by atomic mass is 32.1. The van der Waals surface area contributed by atoms with Gasteiger partial charge in [-0.1, -0.05) is 25.5 Å². The number of thiocarbonyl (C=S) groups is 1. The van der Waals surface area contributed by atoms with E-state index < -0.39 is 0 Å². The summed E-state index contributed by atoms with van der Waals surface area (Å²) in [6, 6.07) is 8.01. The zero-order valence-electron chi connectivity index (χ0n) is 11.7. The Morgan fingerprint density at radius 2 is 2.21 bits per heavy atom. The second kappa shape index (κ2) is 5.75. The molecule has 0 aromatic heterocycles. The van der Waals surface area contributed by atoms with Gasteiger partial charge in [0.05, 0.1) is 7.11 Å². The zero-order valence-corrected chi connectivity index (χ0v) is 12.5. The first-order valence-corrected chi connectivity index (χ1v) is 7.02. The number of ether oxygens (including phenoxy) is 1. The van der Waals surface area contributed by atoms with Crippen molar-refractivity contribution in [3.63, 3.8) is 0 Å². The number of hydrogen-bond acceptors (Lipinski definition) is 3. The topological polar surface area (TPSA) is 36.5 Å². The van der Waals surface area contributed by atoms with Gasteiger partial charge in [0.15, 0.2) is 5.11 Å². The normalized spacial score (nSPS) is 22.5. The average molecular weight is 279 g/mol. The lowest BCUT2D eigenvalue weighted by atomic mass is 10.0. The molecule has 1 aliphatic rings. The highest BCUT2D eigenvalue weighted by Gasteiger charge is 2.37. The van der Waals surface area contributed by atoms with Crippen LogP contribution in [-0.4, -0.2) is 23.8 Å².